The molecule has 2 nitrogen and oxygen atoms in total. The predicted octanol–water partition coefficient (Wildman–Crippen LogP) is 4.53. The summed E-state index contributed by atoms with van der Waals surface area (Å²) in [5.74, 6) is 0.910. The monoisotopic (exact) mass is 324 g/mol. The highest BCUT2D eigenvalue weighted by atomic mass is 35.8. The quantitative estimate of drug-likeness (QED) is 0.598. The van der Waals surface area contributed by atoms with Crippen molar-refractivity contribution in [3.63, 3.8) is 0 Å². The van der Waals surface area contributed by atoms with Crippen LogP contribution in [0.2, 0.25) is 6.04 Å². The number of aryl methyl sites for hydroxylation is 1. The van der Waals surface area contributed by atoms with Crippen LogP contribution in [0.5, 0.6) is 5.75 Å². The Hall–Kier alpha value is 0.0669. The molecule has 0 amide bonds. The maximum absolute atomic E-state index is 5.86. The van der Waals surface area contributed by atoms with Crippen molar-refractivity contribution in [2.24, 2.45) is 0 Å². The Morgan fingerprint density at radius 1 is 1.33 bits per heavy atom. The van der Waals surface area contributed by atoms with E-state index in [-0.39, 0.29) is 6.29 Å². The van der Waals surface area contributed by atoms with E-state index >= 15 is 0 Å². The summed E-state index contributed by atoms with van der Waals surface area (Å²) in [7, 11) is 0. The molecule has 1 aromatic rings. The Kier molecular flexibility index (Phi) is 4.84. The van der Waals surface area contributed by atoms with Crippen LogP contribution < -0.4 is 4.74 Å². The number of ether oxygens (including phenoxy) is 2. The van der Waals surface area contributed by atoms with Crippen LogP contribution in [0.3, 0.4) is 0 Å². The molecule has 6 heteroatoms. The molecule has 100 valence electrons. The van der Waals surface area contributed by atoms with Gasteiger partial charge in [-0.05, 0) is 43.5 Å². The van der Waals surface area contributed by atoms with Gasteiger partial charge in [0.25, 0.3) is 0 Å². The summed E-state index contributed by atoms with van der Waals surface area (Å²) in [5, 5.41) is 0. The Bertz CT molecular complexity index is 420. The fraction of sp³-hybridized carbons (Fsp3) is 0.500. The van der Waals surface area contributed by atoms with Crippen molar-refractivity contribution in [1.82, 2.24) is 0 Å². The lowest BCUT2D eigenvalue weighted by atomic mass is 10.1. The van der Waals surface area contributed by atoms with Gasteiger partial charge in [0.1, 0.15) is 5.75 Å². The molecule has 0 saturated heterocycles. The molecular formula is C12H15Cl3O2Si. The third-order valence-electron chi connectivity index (χ3n) is 2.82. The van der Waals surface area contributed by atoms with Crippen LogP contribution in [-0.4, -0.2) is 12.3 Å². The van der Waals surface area contributed by atoms with Crippen molar-refractivity contribution in [2.45, 2.75) is 38.7 Å². The van der Waals surface area contributed by atoms with Crippen molar-refractivity contribution in [1.29, 1.82) is 0 Å². The topological polar surface area (TPSA) is 18.5 Å². The first-order chi connectivity index (χ1) is 8.44. The van der Waals surface area contributed by atoms with Gasteiger partial charge < -0.3 is 9.47 Å². The fourth-order valence-corrected chi connectivity index (χ4v) is 3.71. The van der Waals surface area contributed by atoms with Gasteiger partial charge in [-0.3, -0.25) is 0 Å². The van der Waals surface area contributed by atoms with Crippen LogP contribution in [0.25, 0.3) is 0 Å². The number of benzene rings is 1. The molecule has 0 bridgehead atoms. The Labute approximate surface area is 122 Å². The number of halogens is 3. The van der Waals surface area contributed by atoms with Crippen LogP contribution in [0, 0.1) is 0 Å². The van der Waals surface area contributed by atoms with Crippen molar-refractivity contribution in [3.05, 3.63) is 29.3 Å². The van der Waals surface area contributed by atoms with E-state index in [2.05, 4.69) is 12.1 Å². The van der Waals surface area contributed by atoms with Crippen LogP contribution in [0.4, 0.5) is 0 Å². The molecule has 1 unspecified atom stereocenters. The van der Waals surface area contributed by atoms with Gasteiger partial charge in [0.15, 0.2) is 6.29 Å². The van der Waals surface area contributed by atoms with Gasteiger partial charge >= 0.3 is 6.00 Å². The molecule has 0 saturated carbocycles. The first-order valence-electron chi connectivity index (χ1n) is 5.91. The highest BCUT2D eigenvalue weighted by molar-refractivity contribution is 7.64. The zero-order chi connectivity index (χ0) is 13.2. The van der Waals surface area contributed by atoms with E-state index in [9.17, 15) is 0 Å². The van der Waals surface area contributed by atoms with Crippen LogP contribution in [-0.2, 0) is 17.8 Å². The summed E-state index contributed by atoms with van der Waals surface area (Å²) in [6.07, 6.45) is 1.65. The smallest absolute Gasteiger partial charge is 0.341 e. The second kappa shape index (κ2) is 6.01. The van der Waals surface area contributed by atoms with Gasteiger partial charge in [-0.2, -0.15) is 0 Å². The van der Waals surface area contributed by atoms with Gasteiger partial charge in [0, 0.05) is 5.56 Å². The number of fused-ring (bicyclic) bond motifs is 1. The molecule has 0 fully saturated rings. The predicted molar refractivity (Wildman–Crippen MR) is 77.8 cm³/mol. The van der Waals surface area contributed by atoms with Gasteiger partial charge in [-0.25, -0.2) is 0 Å². The first-order valence-corrected chi connectivity index (χ1v) is 11.1. The molecule has 1 aliphatic heterocycles. The molecule has 0 spiro atoms. The van der Waals surface area contributed by atoms with Gasteiger partial charge in [0.05, 0.1) is 6.61 Å². The summed E-state index contributed by atoms with van der Waals surface area (Å²) >= 11 is 17.6. The van der Waals surface area contributed by atoms with E-state index < -0.39 is 6.00 Å². The van der Waals surface area contributed by atoms with Crippen molar-refractivity contribution in [3.8, 4) is 5.75 Å². The molecule has 2 rings (SSSR count). The zero-order valence-electron chi connectivity index (χ0n) is 10.1. The van der Waals surface area contributed by atoms with E-state index in [1.807, 2.05) is 13.0 Å². The molecule has 0 N–H and O–H groups in total. The minimum atomic E-state index is -2.48. The zero-order valence-corrected chi connectivity index (χ0v) is 13.4. The standard InChI is InChI=1S/C12H15Cl3O2Si/c1-9-16-8-11-7-10(4-5-12(11)17-9)3-2-6-18(13,14)15/h4-5,7,9H,2-3,6,8H2,1H3. The maximum Gasteiger partial charge on any atom is 0.341 e. The number of hydrogen-bond acceptors (Lipinski definition) is 2. The number of hydrogen-bond donors (Lipinski definition) is 0. The third-order valence-corrected chi connectivity index (χ3v) is 5.44. The highest BCUT2D eigenvalue weighted by Gasteiger charge is 2.24. The van der Waals surface area contributed by atoms with Crippen molar-refractivity contribution < 1.29 is 9.47 Å². The summed E-state index contributed by atoms with van der Waals surface area (Å²) in [6.45, 7) is 2.49. The first kappa shape index (κ1) is 14.5. The maximum atomic E-state index is 5.86. The SMILES string of the molecule is CC1OCc2cc(CCC[Si](Cl)(Cl)Cl)ccc2O1. The molecular weight excluding hydrogens is 311 g/mol. The summed E-state index contributed by atoms with van der Waals surface area (Å²) in [5.41, 5.74) is 2.33. The minimum absolute atomic E-state index is 0.168. The molecule has 1 aliphatic rings. The number of rotatable bonds is 4. The van der Waals surface area contributed by atoms with E-state index in [1.165, 1.54) is 5.56 Å². The van der Waals surface area contributed by atoms with Gasteiger partial charge in [-0.1, -0.05) is 6.07 Å². The average molecular weight is 326 g/mol. The minimum Gasteiger partial charge on any atom is -0.465 e. The van der Waals surface area contributed by atoms with E-state index in [0.717, 1.165) is 24.2 Å². The summed E-state index contributed by atoms with van der Waals surface area (Å²) in [4.78, 5) is 0. The van der Waals surface area contributed by atoms with Crippen LogP contribution >= 0.6 is 33.2 Å². The Morgan fingerprint density at radius 2 is 2.11 bits per heavy atom. The lowest BCUT2D eigenvalue weighted by Gasteiger charge is -2.24. The summed E-state index contributed by atoms with van der Waals surface area (Å²) in [6, 6.07) is 4.39. The molecule has 0 aliphatic carbocycles. The van der Waals surface area contributed by atoms with E-state index in [4.69, 9.17) is 42.7 Å². The van der Waals surface area contributed by atoms with E-state index in [0.29, 0.717) is 12.7 Å². The van der Waals surface area contributed by atoms with Crippen LogP contribution in [0.1, 0.15) is 24.5 Å². The van der Waals surface area contributed by atoms with E-state index in [1.54, 1.807) is 0 Å². The van der Waals surface area contributed by atoms with Crippen LogP contribution in [0.15, 0.2) is 18.2 Å². The van der Waals surface area contributed by atoms with Gasteiger partial charge in [-0.15, -0.1) is 33.2 Å². The molecule has 18 heavy (non-hydrogen) atoms. The molecule has 0 radical (unpaired) electrons. The molecule has 1 aromatic carbocycles. The lowest BCUT2D eigenvalue weighted by Crippen LogP contribution is -2.21. The van der Waals surface area contributed by atoms with Crippen molar-refractivity contribution >= 4 is 39.2 Å². The summed E-state index contributed by atoms with van der Waals surface area (Å²) < 4.78 is 11.0. The fourth-order valence-electron chi connectivity index (χ4n) is 1.93. The largest absolute Gasteiger partial charge is 0.465 e. The average Bonchev–Trinajstić information content (AvgIpc) is 2.27. The highest BCUT2D eigenvalue weighted by Crippen LogP contribution is 2.29. The van der Waals surface area contributed by atoms with Crippen molar-refractivity contribution in [2.75, 3.05) is 0 Å². The Balaban J connectivity index is 1.95. The molecule has 1 heterocycles. The third kappa shape index (κ3) is 4.32. The van der Waals surface area contributed by atoms with Gasteiger partial charge in [0.2, 0.25) is 0 Å². The Morgan fingerprint density at radius 3 is 2.83 bits per heavy atom. The molecule has 0 aromatic heterocycles. The molecule has 1 atom stereocenters. The normalized spacial score (nSPS) is 19.2. The second-order valence-corrected chi connectivity index (χ2v) is 13.7. The lowest BCUT2D eigenvalue weighted by molar-refractivity contribution is -0.0944. The second-order valence-electron chi connectivity index (χ2n) is 4.41.